The average molecular weight is 418 g/mol. The minimum Gasteiger partial charge on any atom is -0.383 e. The molecule has 1 fully saturated rings. The predicted octanol–water partition coefficient (Wildman–Crippen LogP) is 3.94. The van der Waals surface area contributed by atoms with E-state index in [9.17, 15) is 19.7 Å². The maximum Gasteiger partial charge on any atom is 0.269 e. The molecule has 2 amide bonds. The first kappa shape index (κ1) is 20.3. The van der Waals surface area contributed by atoms with E-state index in [4.69, 9.17) is 0 Å². The molecule has 8 nitrogen and oxygen atoms in total. The lowest BCUT2D eigenvalue weighted by atomic mass is 10.0. The van der Waals surface area contributed by atoms with Crippen LogP contribution in [0.2, 0.25) is 0 Å². The molecule has 0 bridgehead atoms. The van der Waals surface area contributed by atoms with Crippen molar-refractivity contribution in [2.24, 2.45) is 5.92 Å². The van der Waals surface area contributed by atoms with Crippen LogP contribution in [0.25, 0.3) is 10.8 Å². The van der Waals surface area contributed by atoms with Gasteiger partial charge >= 0.3 is 0 Å². The number of non-ortho nitro benzene ring substituents is 1. The van der Waals surface area contributed by atoms with Crippen LogP contribution in [0.15, 0.2) is 60.7 Å². The maximum atomic E-state index is 12.8. The third-order valence-corrected chi connectivity index (χ3v) is 5.15. The van der Waals surface area contributed by atoms with Crippen LogP contribution in [0.1, 0.15) is 23.2 Å². The fraction of sp³-hybridized carbons (Fsp3) is 0.217. The number of benzene rings is 3. The molecule has 1 aliphatic rings. The van der Waals surface area contributed by atoms with E-state index in [1.54, 1.807) is 18.2 Å². The first-order valence-electron chi connectivity index (χ1n) is 10.1. The molecule has 1 saturated carbocycles. The first-order valence-corrected chi connectivity index (χ1v) is 10.1. The fourth-order valence-corrected chi connectivity index (χ4v) is 3.29. The number of fused-ring (bicyclic) bond motifs is 1. The monoisotopic (exact) mass is 418 g/mol. The zero-order valence-corrected chi connectivity index (χ0v) is 16.8. The van der Waals surface area contributed by atoms with Crippen LogP contribution in [0, 0.1) is 16.0 Å². The number of carbonyl (C=O) groups is 2. The van der Waals surface area contributed by atoms with Crippen molar-refractivity contribution in [1.82, 2.24) is 5.32 Å². The summed E-state index contributed by atoms with van der Waals surface area (Å²) >= 11 is 0. The Labute approximate surface area is 178 Å². The van der Waals surface area contributed by atoms with Crippen molar-refractivity contribution in [3.05, 3.63) is 76.3 Å². The van der Waals surface area contributed by atoms with Crippen LogP contribution in [0.4, 0.5) is 17.1 Å². The van der Waals surface area contributed by atoms with E-state index in [0.29, 0.717) is 24.3 Å². The SMILES string of the molecule is O=C(NCCNc1ccc([N+](=O)[O-])cc1)c1cc2ccccc2cc1NC(=O)C1CC1. The number of amides is 2. The molecule has 0 saturated heterocycles. The molecule has 158 valence electrons. The van der Waals surface area contributed by atoms with E-state index >= 15 is 0 Å². The second-order valence-electron chi connectivity index (χ2n) is 7.50. The zero-order chi connectivity index (χ0) is 21.8. The van der Waals surface area contributed by atoms with Crippen molar-refractivity contribution in [3.63, 3.8) is 0 Å². The van der Waals surface area contributed by atoms with E-state index < -0.39 is 4.92 Å². The number of hydrogen-bond acceptors (Lipinski definition) is 5. The van der Waals surface area contributed by atoms with Gasteiger partial charge in [-0.2, -0.15) is 0 Å². The second-order valence-corrected chi connectivity index (χ2v) is 7.50. The van der Waals surface area contributed by atoms with Crippen molar-refractivity contribution in [1.29, 1.82) is 0 Å². The van der Waals surface area contributed by atoms with Crippen molar-refractivity contribution in [2.45, 2.75) is 12.8 Å². The van der Waals surface area contributed by atoms with Gasteiger partial charge in [0.05, 0.1) is 16.2 Å². The fourth-order valence-electron chi connectivity index (χ4n) is 3.29. The molecule has 0 unspecified atom stereocenters. The van der Waals surface area contributed by atoms with E-state index in [1.165, 1.54) is 12.1 Å². The Kier molecular flexibility index (Phi) is 5.79. The molecule has 0 radical (unpaired) electrons. The lowest BCUT2D eigenvalue weighted by Gasteiger charge is -2.14. The summed E-state index contributed by atoms with van der Waals surface area (Å²) in [5, 5.41) is 21.5. The number of hydrogen-bond donors (Lipinski definition) is 3. The standard InChI is InChI=1S/C23H22N4O4/c28-22(15-5-6-15)26-21-14-17-4-2-1-3-16(17)13-20(21)23(29)25-12-11-24-18-7-9-19(10-8-18)27(30)31/h1-4,7-10,13-15,24H,5-6,11-12H2,(H,25,29)(H,26,28). The highest BCUT2D eigenvalue weighted by atomic mass is 16.6. The van der Waals surface area contributed by atoms with Crippen molar-refractivity contribution in [2.75, 3.05) is 23.7 Å². The van der Waals surface area contributed by atoms with Gasteiger partial charge < -0.3 is 16.0 Å². The molecule has 3 N–H and O–H groups in total. The summed E-state index contributed by atoms with van der Waals surface area (Å²) in [6, 6.07) is 17.4. The zero-order valence-electron chi connectivity index (χ0n) is 16.8. The van der Waals surface area contributed by atoms with Crippen LogP contribution in [0.3, 0.4) is 0 Å². The molecule has 4 rings (SSSR count). The summed E-state index contributed by atoms with van der Waals surface area (Å²) in [5.41, 5.74) is 1.68. The molecular weight excluding hydrogens is 396 g/mol. The Hall–Kier alpha value is -3.94. The van der Waals surface area contributed by atoms with Gasteiger partial charge in [-0.05, 0) is 47.9 Å². The minimum atomic E-state index is -0.451. The highest BCUT2D eigenvalue weighted by molar-refractivity contribution is 6.08. The summed E-state index contributed by atoms with van der Waals surface area (Å²) in [5.74, 6) is -0.292. The number of rotatable bonds is 8. The second kappa shape index (κ2) is 8.83. The molecule has 0 aliphatic heterocycles. The van der Waals surface area contributed by atoms with Crippen LogP contribution in [0.5, 0.6) is 0 Å². The van der Waals surface area contributed by atoms with Crippen LogP contribution >= 0.6 is 0 Å². The van der Waals surface area contributed by atoms with Gasteiger partial charge in [-0.15, -0.1) is 0 Å². The number of nitrogens with one attached hydrogen (secondary N) is 3. The molecule has 0 heterocycles. The summed E-state index contributed by atoms with van der Waals surface area (Å²) in [4.78, 5) is 35.4. The minimum absolute atomic E-state index is 0.0240. The molecular formula is C23H22N4O4. The molecule has 1 aliphatic carbocycles. The molecule has 31 heavy (non-hydrogen) atoms. The van der Waals surface area contributed by atoms with Crippen molar-refractivity contribution < 1.29 is 14.5 Å². The number of nitro groups is 1. The van der Waals surface area contributed by atoms with Crippen LogP contribution < -0.4 is 16.0 Å². The van der Waals surface area contributed by atoms with Crippen molar-refractivity contribution in [3.8, 4) is 0 Å². The Balaban J connectivity index is 1.41. The summed E-state index contributed by atoms with van der Waals surface area (Å²) in [6.07, 6.45) is 1.77. The predicted molar refractivity (Wildman–Crippen MR) is 119 cm³/mol. The summed E-state index contributed by atoms with van der Waals surface area (Å²) < 4.78 is 0. The Bertz CT molecular complexity index is 1140. The average Bonchev–Trinajstić information content (AvgIpc) is 3.62. The lowest BCUT2D eigenvalue weighted by Crippen LogP contribution is -2.30. The highest BCUT2D eigenvalue weighted by Gasteiger charge is 2.30. The lowest BCUT2D eigenvalue weighted by molar-refractivity contribution is -0.384. The van der Waals surface area contributed by atoms with Gasteiger partial charge in [0.15, 0.2) is 0 Å². The van der Waals surface area contributed by atoms with Gasteiger partial charge in [0.1, 0.15) is 0 Å². The number of anilines is 2. The third-order valence-electron chi connectivity index (χ3n) is 5.15. The van der Waals surface area contributed by atoms with E-state index in [-0.39, 0.29) is 23.4 Å². The van der Waals surface area contributed by atoms with Crippen LogP contribution in [-0.4, -0.2) is 29.8 Å². The Morgan fingerprint density at radius 2 is 1.65 bits per heavy atom. The van der Waals surface area contributed by atoms with Crippen molar-refractivity contribution >= 4 is 39.6 Å². The van der Waals surface area contributed by atoms with Crippen LogP contribution in [-0.2, 0) is 4.79 Å². The highest BCUT2D eigenvalue weighted by Crippen LogP contribution is 2.32. The van der Waals surface area contributed by atoms with E-state index in [1.807, 2.05) is 30.3 Å². The van der Waals surface area contributed by atoms with Gasteiger partial charge in [0.25, 0.3) is 11.6 Å². The van der Waals surface area contributed by atoms with Gasteiger partial charge in [-0.25, -0.2) is 0 Å². The molecule has 0 aromatic heterocycles. The smallest absolute Gasteiger partial charge is 0.269 e. The largest absolute Gasteiger partial charge is 0.383 e. The van der Waals surface area contributed by atoms with Gasteiger partial charge in [-0.1, -0.05) is 24.3 Å². The van der Waals surface area contributed by atoms with Gasteiger partial charge in [-0.3, -0.25) is 19.7 Å². The molecule has 0 spiro atoms. The van der Waals surface area contributed by atoms with E-state index in [0.717, 1.165) is 29.3 Å². The molecule has 8 heteroatoms. The molecule has 3 aromatic carbocycles. The maximum absolute atomic E-state index is 12.8. The number of carbonyl (C=O) groups excluding carboxylic acids is 2. The molecule has 3 aromatic rings. The summed E-state index contributed by atoms with van der Waals surface area (Å²) in [7, 11) is 0. The normalized spacial score (nSPS) is 12.9. The quantitative estimate of drug-likeness (QED) is 0.291. The number of nitro benzene ring substituents is 1. The third kappa shape index (κ3) is 4.98. The first-order chi connectivity index (χ1) is 15.0. The Morgan fingerprint density at radius 3 is 2.29 bits per heavy atom. The summed E-state index contributed by atoms with van der Waals surface area (Å²) in [6.45, 7) is 0.791. The van der Waals surface area contributed by atoms with Gasteiger partial charge in [0.2, 0.25) is 5.91 Å². The molecule has 0 atom stereocenters. The van der Waals surface area contributed by atoms with Gasteiger partial charge in [0, 0.05) is 36.8 Å². The Morgan fingerprint density at radius 1 is 0.968 bits per heavy atom. The number of nitrogens with zero attached hydrogens (tertiary/aromatic N) is 1. The topological polar surface area (TPSA) is 113 Å². The van der Waals surface area contributed by atoms with E-state index in [2.05, 4.69) is 16.0 Å².